The van der Waals surface area contributed by atoms with Crippen molar-refractivity contribution in [2.45, 2.75) is 6.42 Å². The minimum absolute atomic E-state index is 0.0376. The number of rotatable bonds is 2. The van der Waals surface area contributed by atoms with Gasteiger partial charge >= 0.3 is 0 Å². The highest BCUT2D eigenvalue weighted by Gasteiger charge is 2.28. The Hall–Kier alpha value is -0.800. The number of nitrogens with zero attached hydrogens (tertiary/aromatic N) is 1. The molecule has 0 spiro atoms. The van der Waals surface area contributed by atoms with E-state index in [4.69, 9.17) is 23.2 Å². The summed E-state index contributed by atoms with van der Waals surface area (Å²) >= 11 is 11.6. The Morgan fingerprint density at radius 2 is 2.29 bits per heavy atom. The van der Waals surface area contributed by atoms with E-state index in [0.717, 1.165) is 6.42 Å². The highest BCUT2D eigenvalue weighted by Crippen LogP contribution is 2.24. The maximum Gasteiger partial charge on any atom is 0.258 e. The van der Waals surface area contributed by atoms with Gasteiger partial charge in [0.1, 0.15) is 5.82 Å². The van der Waals surface area contributed by atoms with Gasteiger partial charge in [0.25, 0.3) is 5.91 Å². The molecule has 17 heavy (non-hydrogen) atoms. The molecule has 1 aromatic carbocycles. The predicted octanol–water partition coefficient (Wildman–Crippen LogP) is 3.18. The van der Waals surface area contributed by atoms with Gasteiger partial charge in [0.05, 0.1) is 10.6 Å². The van der Waals surface area contributed by atoms with Crippen LogP contribution in [-0.4, -0.2) is 29.8 Å². The number of likely N-dealkylation sites (tertiary alicyclic amines) is 1. The van der Waals surface area contributed by atoms with E-state index >= 15 is 0 Å². The van der Waals surface area contributed by atoms with Crippen LogP contribution in [0.25, 0.3) is 0 Å². The normalized spacial score (nSPS) is 19.7. The third-order valence-corrected chi connectivity index (χ3v) is 3.72. The molecule has 0 bridgehead atoms. The van der Waals surface area contributed by atoms with Crippen LogP contribution in [0.4, 0.5) is 4.39 Å². The van der Waals surface area contributed by atoms with E-state index < -0.39 is 5.82 Å². The van der Waals surface area contributed by atoms with Crippen molar-refractivity contribution in [3.05, 3.63) is 34.6 Å². The molecule has 5 heteroatoms. The molecule has 1 aromatic rings. The van der Waals surface area contributed by atoms with Crippen molar-refractivity contribution in [2.75, 3.05) is 19.0 Å². The largest absolute Gasteiger partial charge is 0.338 e. The van der Waals surface area contributed by atoms with E-state index in [2.05, 4.69) is 0 Å². The Bertz CT molecular complexity index is 418. The summed E-state index contributed by atoms with van der Waals surface area (Å²) in [5.74, 6) is -0.0990. The van der Waals surface area contributed by atoms with Gasteiger partial charge in [-0.15, -0.1) is 11.6 Å². The van der Waals surface area contributed by atoms with Gasteiger partial charge in [-0.2, -0.15) is 0 Å². The van der Waals surface area contributed by atoms with Crippen LogP contribution in [0.1, 0.15) is 16.8 Å². The quantitative estimate of drug-likeness (QED) is 0.760. The molecule has 1 aliphatic rings. The average molecular weight is 276 g/mol. The molecule has 1 heterocycles. The van der Waals surface area contributed by atoms with Crippen molar-refractivity contribution in [1.29, 1.82) is 0 Å². The number of benzene rings is 1. The second kappa shape index (κ2) is 5.23. The molecule has 1 unspecified atom stereocenters. The summed E-state index contributed by atoms with van der Waals surface area (Å²) in [5, 5.41) is 0.157. The van der Waals surface area contributed by atoms with Crippen molar-refractivity contribution in [3.8, 4) is 0 Å². The van der Waals surface area contributed by atoms with Crippen molar-refractivity contribution in [2.24, 2.45) is 5.92 Å². The van der Waals surface area contributed by atoms with Crippen molar-refractivity contribution < 1.29 is 9.18 Å². The molecule has 2 rings (SSSR count). The first-order valence-corrected chi connectivity index (χ1v) is 6.34. The van der Waals surface area contributed by atoms with Gasteiger partial charge in [-0.05, 0) is 24.5 Å². The molecular weight excluding hydrogens is 264 g/mol. The number of carbonyl (C=O) groups excluding carboxylic acids is 1. The fourth-order valence-corrected chi connectivity index (χ4v) is 2.50. The van der Waals surface area contributed by atoms with Gasteiger partial charge < -0.3 is 4.90 Å². The standard InChI is InChI=1S/C12H12Cl2FNO/c13-6-8-4-5-16(7-8)12(17)11-9(14)2-1-3-10(11)15/h1-3,8H,4-7H2. The van der Waals surface area contributed by atoms with Crippen LogP contribution in [0, 0.1) is 11.7 Å². The van der Waals surface area contributed by atoms with E-state index in [1.807, 2.05) is 0 Å². The van der Waals surface area contributed by atoms with Gasteiger partial charge in [-0.3, -0.25) is 4.79 Å². The van der Waals surface area contributed by atoms with Crippen molar-refractivity contribution in [1.82, 2.24) is 4.90 Å². The summed E-state index contributed by atoms with van der Waals surface area (Å²) in [5.41, 5.74) is -0.0376. The van der Waals surface area contributed by atoms with Crippen LogP contribution >= 0.6 is 23.2 Å². The summed E-state index contributed by atoms with van der Waals surface area (Å²) in [6, 6.07) is 4.25. The highest BCUT2D eigenvalue weighted by molar-refractivity contribution is 6.33. The lowest BCUT2D eigenvalue weighted by Gasteiger charge is -2.17. The summed E-state index contributed by atoms with van der Waals surface area (Å²) in [6.45, 7) is 1.19. The third kappa shape index (κ3) is 2.55. The monoisotopic (exact) mass is 275 g/mol. The number of amides is 1. The molecule has 2 nitrogen and oxygen atoms in total. The molecule has 0 saturated carbocycles. The smallest absolute Gasteiger partial charge is 0.258 e. The maximum atomic E-state index is 13.6. The van der Waals surface area contributed by atoms with E-state index in [0.29, 0.717) is 24.9 Å². The van der Waals surface area contributed by atoms with Crippen LogP contribution in [-0.2, 0) is 0 Å². The van der Waals surface area contributed by atoms with E-state index in [-0.39, 0.29) is 16.5 Å². The topological polar surface area (TPSA) is 20.3 Å². The van der Waals surface area contributed by atoms with Gasteiger partial charge in [-0.1, -0.05) is 17.7 Å². The van der Waals surface area contributed by atoms with E-state index in [1.165, 1.54) is 18.2 Å². The molecule has 1 amide bonds. The van der Waals surface area contributed by atoms with Crippen LogP contribution in [0.5, 0.6) is 0 Å². The second-order valence-corrected chi connectivity index (χ2v) is 4.87. The molecule has 0 radical (unpaired) electrons. The van der Waals surface area contributed by atoms with Gasteiger partial charge in [-0.25, -0.2) is 4.39 Å². The number of halogens is 3. The molecule has 92 valence electrons. The Labute approximate surface area is 109 Å². The number of carbonyl (C=O) groups is 1. The Morgan fingerprint density at radius 1 is 1.53 bits per heavy atom. The highest BCUT2D eigenvalue weighted by atomic mass is 35.5. The van der Waals surface area contributed by atoms with Crippen molar-refractivity contribution >= 4 is 29.1 Å². The van der Waals surface area contributed by atoms with Crippen molar-refractivity contribution in [3.63, 3.8) is 0 Å². The first kappa shape index (κ1) is 12.7. The molecule has 1 fully saturated rings. The Kier molecular flexibility index (Phi) is 3.89. The summed E-state index contributed by atoms with van der Waals surface area (Å²) in [6.07, 6.45) is 0.862. The fourth-order valence-electron chi connectivity index (χ4n) is 2.00. The van der Waals surface area contributed by atoms with Crippen LogP contribution in [0.2, 0.25) is 5.02 Å². The van der Waals surface area contributed by atoms with Gasteiger partial charge in [0.15, 0.2) is 0 Å². The Morgan fingerprint density at radius 3 is 2.88 bits per heavy atom. The molecule has 1 atom stereocenters. The molecule has 1 aliphatic heterocycles. The van der Waals surface area contributed by atoms with Gasteiger partial charge in [0.2, 0.25) is 0 Å². The fraction of sp³-hybridized carbons (Fsp3) is 0.417. The van der Waals surface area contributed by atoms with Crippen LogP contribution < -0.4 is 0 Å². The SMILES string of the molecule is O=C(c1c(F)cccc1Cl)N1CCC(CCl)C1. The summed E-state index contributed by atoms with van der Waals surface area (Å²) in [4.78, 5) is 13.7. The Balaban J connectivity index is 2.21. The minimum Gasteiger partial charge on any atom is -0.338 e. The lowest BCUT2D eigenvalue weighted by molar-refractivity contribution is 0.0784. The van der Waals surface area contributed by atoms with Crippen LogP contribution in [0.3, 0.4) is 0 Å². The first-order valence-electron chi connectivity index (χ1n) is 5.42. The third-order valence-electron chi connectivity index (χ3n) is 2.97. The maximum absolute atomic E-state index is 13.6. The lowest BCUT2D eigenvalue weighted by atomic mass is 10.1. The average Bonchev–Trinajstić information content (AvgIpc) is 2.77. The first-order chi connectivity index (χ1) is 8.13. The molecule has 0 aliphatic carbocycles. The molecule has 1 saturated heterocycles. The summed E-state index contributed by atoms with van der Waals surface area (Å²) < 4.78 is 13.6. The summed E-state index contributed by atoms with van der Waals surface area (Å²) in [7, 11) is 0. The van der Waals surface area contributed by atoms with E-state index in [9.17, 15) is 9.18 Å². The second-order valence-electron chi connectivity index (χ2n) is 4.16. The van der Waals surface area contributed by atoms with Gasteiger partial charge in [0, 0.05) is 19.0 Å². The molecule has 0 N–H and O–H groups in total. The zero-order chi connectivity index (χ0) is 12.4. The minimum atomic E-state index is -0.572. The zero-order valence-electron chi connectivity index (χ0n) is 9.13. The molecular formula is C12H12Cl2FNO. The number of hydrogen-bond donors (Lipinski definition) is 0. The lowest BCUT2D eigenvalue weighted by Crippen LogP contribution is -2.29. The zero-order valence-corrected chi connectivity index (χ0v) is 10.6. The number of hydrogen-bond acceptors (Lipinski definition) is 1. The van der Waals surface area contributed by atoms with Crippen LogP contribution in [0.15, 0.2) is 18.2 Å². The molecule has 0 aromatic heterocycles. The predicted molar refractivity (Wildman–Crippen MR) is 66.1 cm³/mol. The van der Waals surface area contributed by atoms with E-state index in [1.54, 1.807) is 4.90 Å². The number of alkyl halides is 1.